The molecule has 0 amide bonds. The molecule has 0 aromatic rings. The zero-order valence-electron chi connectivity index (χ0n) is 2.34. The molecule has 0 aromatic heterocycles. The van der Waals surface area contributed by atoms with Gasteiger partial charge in [-0.25, -0.2) is 0 Å². The maximum Gasteiger partial charge on any atom is 0.430 e. The van der Waals surface area contributed by atoms with Gasteiger partial charge in [0.25, 0.3) is 0 Å². The molecule has 0 fully saturated rings. The summed E-state index contributed by atoms with van der Waals surface area (Å²) in [5.74, 6) is 0. The number of rotatable bonds is 0. The lowest BCUT2D eigenvalue weighted by atomic mass is 11.6. The highest BCUT2D eigenvalue weighted by molar-refractivity contribution is 7.95. The molecule has 27 valence electrons. The topological polar surface area (TPSA) is 35.4 Å². The van der Waals surface area contributed by atoms with Crippen molar-refractivity contribution in [3.63, 3.8) is 0 Å². The van der Waals surface area contributed by atoms with E-state index in [0.717, 1.165) is 0 Å². The van der Waals surface area contributed by atoms with Crippen LogP contribution >= 0.6 is 12.1 Å². The van der Waals surface area contributed by atoms with Crippen LogP contribution in [0.25, 0.3) is 0 Å². The number of hydrogen-bond donors (Lipinski definition) is 1. The van der Waals surface area contributed by atoms with Crippen molar-refractivity contribution in [2.45, 2.75) is 0 Å². The first-order valence-electron chi connectivity index (χ1n) is 1.08. The predicted octanol–water partition coefficient (Wildman–Crippen LogP) is -0.552. The summed E-state index contributed by atoms with van der Waals surface area (Å²) in [6, 6.07) is 0. The van der Waals surface area contributed by atoms with Gasteiger partial charge < -0.3 is 4.84 Å². The average Bonchev–Trinajstić information content (AvgIpc) is 1.76. The zero-order valence-corrected chi connectivity index (χ0v) is 3.16. The Bertz CT molecular complexity index is 47.6. The molecular weight excluding hydrogens is 88.1 g/mol. The summed E-state index contributed by atoms with van der Waals surface area (Å²) in [4.78, 5) is 6.78. The Hall–Kier alpha value is -0.220. The molecule has 1 heterocycles. The highest BCUT2D eigenvalue weighted by atomic mass is 32.2. The Kier molecular flexibility index (Phi) is 0.764. The van der Waals surface area contributed by atoms with Crippen LogP contribution < -0.4 is 9.28 Å². The molecule has 0 bridgehead atoms. The summed E-state index contributed by atoms with van der Waals surface area (Å²) >= 11 is 1.17. The highest BCUT2D eigenvalue weighted by Gasteiger charge is 2.03. The van der Waals surface area contributed by atoms with Crippen molar-refractivity contribution in [2.75, 3.05) is 0 Å². The molecule has 1 rings (SSSR count). The second kappa shape index (κ2) is 1.28. The smallest absolute Gasteiger partial charge is 0.333 e. The first-order valence-corrected chi connectivity index (χ1v) is 1.86. The Morgan fingerprint density at radius 2 is 3.00 bits per heavy atom. The molecular formula is CH2N2OS+. The zero-order chi connectivity index (χ0) is 3.54. The van der Waals surface area contributed by atoms with Gasteiger partial charge in [-0.2, -0.15) is 0 Å². The second-order valence-corrected chi connectivity index (χ2v) is 1.06. The third kappa shape index (κ3) is 0.524. The quantitative estimate of drug-likeness (QED) is 0.405. The fourth-order valence-corrected chi connectivity index (χ4v) is 0.323. The van der Waals surface area contributed by atoms with Gasteiger partial charge in [0.05, 0.1) is 0 Å². The van der Waals surface area contributed by atoms with Crippen LogP contribution in [0.15, 0.2) is 0 Å². The normalized spacial score (nSPS) is 19.2. The Morgan fingerprint density at radius 3 is 3.20 bits per heavy atom. The third-order valence-electron chi connectivity index (χ3n) is 0.234. The first-order chi connectivity index (χ1) is 2.50. The van der Waals surface area contributed by atoms with Gasteiger partial charge in [-0.05, 0) is 4.89 Å². The van der Waals surface area contributed by atoms with Gasteiger partial charge >= 0.3 is 18.5 Å². The van der Waals surface area contributed by atoms with Crippen molar-refractivity contribution in [2.24, 2.45) is 0 Å². The van der Waals surface area contributed by atoms with E-state index in [1.807, 2.05) is 0 Å². The molecule has 3 nitrogen and oxygen atoms in total. The van der Waals surface area contributed by atoms with Crippen molar-refractivity contribution >= 4 is 18.5 Å². The molecule has 0 aliphatic carbocycles. The maximum atomic E-state index is 4.37. The van der Waals surface area contributed by atoms with Crippen LogP contribution in [0, 0.1) is 0 Å². The van der Waals surface area contributed by atoms with Crippen LogP contribution in [0.2, 0.25) is 0 Å². The third-order valence-corrected chi connectivity index (χ3v) is 0.596. The molecule has 5 heavy (non-hydrogen) atoms. The molecule has 0 saturated carbocycles. The van der Waals surface area contributed by atoms with Gasteiger partial charge in [0.2, 0.25) is 0 Å². The van der Waals surface area contributed by atoms with E-state index >= 15 is 0 Å². The fourth-order valence-electron chi connectivity index (χ4n) is 0.108. The van der Waals surface area contributed by atoms with Gasteiger partial charge in [-0.3, -0.25) is 0 Å². The molecule has 4 heteroatoms. The Labute approximate surface area is 33.6 Å². The molecule has 0 aromatic carbocycles. The van der Waals surface area contributed by atoms with E-state index in [1.165, 1.54) is 18.5 Å². The van der Waals surface area contributed by atoms with Crippen LogP contribution in [0.3, 0.4) is 0 Å². The van der Waals surface area contributed by atoms with Crippen LogP contribution in [-0.4, -0.2) is 6.40 Å². The fraction of sp³-hybridized carbons (Fsp3) is 0. The summed E-state index contributed by atoms with van der Waals surface area (Å²) in [6.07, 6.45) is 1.34. The first kappa shape index (κ1) is 2.99. The average molecular weight is 90.1 g/mol. The summed E-state index contributed by atoms with van der Waals surface area (Å²) in [5, 5.41) is 0. The SMILES string of the molecule is C1=[N+]SNO1. The largest absolute Gasteiger partial charge is 0.430 e. The van der Waals surface area contributed by atoms with E-state index in [4.69, 9.17) is 0 Å². The monoisotopic (exact) mass is 90.0 g/mol. The maximum absolute atomic E-state index is 4.37. The molecule has 1 aliphatic heterocycles. The van der Waals surface area contributed by atoms with Crippen LogP contribution in [-0.2, 0) is 4.84 Å². The summed E-state index contributed by atoms with van der Waals surface area (Å²) in [5.41, 5.74) is 0. The molecule has 1 N–H and O–H groups in total. The van der Waals surface area contributed by atoms with Crippen LogP contribution in [0.5, 0.6) is 0 Å². The van der Waals surface area contributed by atoms with Gasteiger partial charge in [0, 0.05) is 0 Å². The molecule has 1 aliphatic rings. The van der Waals surface area contributed by atoms with E-state index in [2.05, 4.69) is 14.1 Å². The van der Waals surface area contributed by atoms with Crippen molar-refractivity contribution in [3.8, 4) is 0 Å². The van der Waals surface area contributed by atoms with Gasteiger partial charge in [-0.15, -0.1) is 0 Å². The van der Waals surface area contributed by atoms with E-state index in [9.17, 15) is 0 Å². The minimum atomic E-state index is 1.17. The van der Waals surface area contributed by atoms with Gasteiger partial charge in [0.15, 0.2) is 4.40 Å². The van der Waals surface area contributed by atoms with E-state index in [-0.39, 0.29) is 0 Å². The second-order valence-electron chi connectivity index (χ2n) is 0.503. The lowest BCUT2D eigenvalue weighted by Gasteiger charge is -1.67. The van der Waals surface area contributed by atoms with Gasteiger partial charge in [-0.1, -0.05) is 0 Å². The molecule has 0 spiro atoms. The minimum Gasteiger partial charge on any atom is -0.333 e. The number of hydrogen-bond acceptors (Lipinski definition) is 4. The van der Waals surface area contributed by atoms with Crippen molar-refractivity contribution in [3.05, 3.63) is 0 Å². The Balaban J connectivity index is 2.32. The molecule has 1 radical (unpaired) electrons. The lowest BCUT2D eigenvalue weighted by molar-refractivity contribution is 0.295. The minimum absolute atomic E-state index is 1.17. The molecule has 0 atom stereocenters. The standard InChI is InChI=1S/CH2N2OS/c1-2-5-3-4-1/h1,3H/q+1. The van der Waals surface area contributed by atoms with Crippen LogP contribution in [0.4, 0.5) is 0 Å². The van der Waals surface area contributed by atoms with Gasteiger partial charge in [0.1, 0.15) is 0 Å². The predicted molar refractivity (Wildman–Crippen MR) is 20.0 cm³/mol. The number of nitrogens with one attached hydrogen (secondary N) is 1. The van der Waals surface area contributed by atoms with Crippen molar-refractivity contribution < 1.29 is 4.84 Å². The van der Waals surface area contributed by atoms with Crippen molar-refractivity contribution in [1.29, 1.82) is 0 Å². The van der Waals surface area contributed by atoms with E-state index in [0.29, 0.717) is 0 Å². The summed E-state index contributed by atoms with van der Waals surface area (Å²) in [7, 11) is 0. The molecule has 0 unspecified atom stereocenters. The van der Waals surface area contributed by atoms with Crippen molar-refractivity contribution in [1.82, 2.24) is 9.28 Å². The highest BCUT2D eigenvalue weighted by Crippen LogP contribution is 1.84. The van der Waals surface area contributed by atoms with Crippen LogP contribution in [0.1, 0.15) is 0 Å². The molecule has 0 saturated heterocycles. The lowest BCUT2D eigenvalue weighted by Crippen LogP contribution is -1.91. The Morgan fingerprint density at radius 1 is 2.00 bits per heavy atom. The van der Waals surface area contributed by atoms with E-state index < -0.39 is 0 Å². The summed E-state index contributed by atoms with van der Waals surface area (Å²) in [6.45, 7) is 0. The van der Waals surface area contributed by atoms with E-state index in [1.54, 1.807) is 0 Å². The summed E-state index contributed by atoms with van der Waals surface area (Å²) < 4.78 is 3.54. The number of nitrogens with zero attached hydrogens (tertiary/aromatic N) is 1.